The van der Waals surface area contributed by atoms with Gasteiger partial charge in [0.05, 0.1) is 24.8 Å². The molecule has 7 heteroatoms. The summed E-state index contributed by atoms with van der Waals surface area (Å²) in [7, 11) is 1.30. The SMILES string of the molecule is CCC(CC)Sc1ccc2cc(Oc3ccc(CC(=O)Nc4ccccc4C(=O)OC)cn3)ccc2c1. The van der Waals surface area contributed by atoms with Crippen molar-refractivity contribution in [2.24, 2.45) is 0 Å². The summed E-state index contributed by atoms with van der Waals surface area (Å²) in [6.07, 6.45) is 4.04. The van der Waals surface area contributed by atoms with Crippen LogP contribution in [0.3, 0.4) is 0 Å². The summed E-state index contributed by atoms with van der Waals surface area (Å²) < 4.78 is 10.7. The Balaban J connectivity index is 1.38. The summed E-state index contributed by atoms with van der Waals surface area (Å²) in [6.45, 7) is 4.46. The fourth-order valence-corrected chi connectivity index (χ4v) is 5.00. The first-order valence-corrected chi connectivity index (χ1v) is 13.2. The van der Waals surface area contributed by atoms with Gasteiger partial charge in [-0.25, -0.2) is 9.78 Å². The normalized spacial score (nSPS) is 10.9. The van der Waals surface area contributed by atoms with Crippen molar-refractivity contribution in [1.29, 1.82) is 0 Å². The number of hydrogen-bond donors (Lipinski definition) is 1. The largest absolute Gasteiger partial charge is 0.465 e. The van der Waals surface area contributed by atoms with E-state index in [1.165, 1.54) is 17.4 Å². The second-order valence-electron chi connectivity index (χ2n) is 8.60. The van der Waals surface area contributed by atoms with Crippen molar-refractivity contribution in [3.05, 3.63) is 90.1 Å². The second kappa shape index (κ2) is 12.4. The Morgan fingerprint density at radius 1 is 0.946 bits per heavy atom. The summed E-state index contributed by atoms with van der Waals surface area (Å²) in [4.78, 5) is 30.1. The number of benzene rings is 3. The Bertz CT molecular complexity index is 1380. The van der Waals surface area contributed by atoms with E-state index < -0.39 is 5.97 Å². The fourth-order valence-electron chi connectivity index (χ4n) is 3.94. The Kier molecular flexibility index (Phi) is 8.80. The molecule has 1 N–H and O–H groups in total. The van der Waals surface area contributed by atoms with Crippen LogP contribution in [-0.2, 0) is 16.0 Å². The van der Waals surface area contributed by atoms with Gasteiger partial charge >= 0.3 is 5.97 Å². The molecule has 4 aromatic rings. The molecular weight excluding hydrogens is 484 g/mol. The highest BCUT2D eigenvalue weighted by atomic mass is 32.2. The number of methoxy groups -OCH3 is 1. The summed E-state index contributed by atoms with van der Waals surface area (Å²) in [6, 6.07) is 22.8. The molecule has 0 aliphatic rings. The summed E-state index contributed by atoms with van der Waals surface area (Å²) in [5, 5.41) is 5.68. The lowest BCUT2D eigenvalue weighted by Gasteiger charge is -2.12. The van der Waals surface area contributed by atoms with Crippen LogP contribution in [0.15, 0.2) is 83.9 Å². The van der Waals surface area contributed by atoms with Gasteiger partial charge in [0.25, 0.3) is 0 Å². The van der Waals surface area contributed by atoms with E-state index in [9.17, 15) is 9.59 Å². The quantitative estimate of drug-likeness (QED) is 0.177. The molecule has 4 rings (SSSR count). The minimum Gasteiger partial charge on any atom is -0.465 e. The number of para-hydroxylation sites is 1. The number of nitrogens with zero attached hydrogens (tertiary/aromatic N) is 1. The van der Waals surface area contributed by atoms with Gasteiger partial charge < -0.3 is 14.8 Å². The molecule has 0 atom stereocenters. The van der Waals surface area contributed by atoms with E-state index >= 15 is 0 Å². The molecule has 1 heterocycles. The number of anilines is 1. The number of thioether (sulfide) groups is 1. The lowest BCUT2D eigenvalue weighted by molar-refractivity contribution is -0.115. The van der Waals surface area contributed by atoms with Crippen molar-refractivity contribution in [3.63, 3.8) is 0 Å². The van der Waals surface area contributed by atoms with E-state index in [1.54, 1.807) is 42.6 Å². The maximum absolute atomic E-state index is 12.5. The molecule has 0 saturated carbocycles. The number of pyridine rings is 1. The first-order valence-electron chi connectivity index (χ1n) is 12.3. The zero-order chi connectivity index (χ0) is 26.2. The molecule has 37 heavy (non-hydrogen) atoms. The maximum atomic E-state index is 12.5. The van der Waals surface area contributed by atoms with E-state index in [1.807, 2.05) is 23.9 Å². The van der Waals surface area contributed by atoms with E-state index in [0.717, 1.165) is 23.8 Å². The first-order chi connectivity index (χ1) is 18.0. The van der Waals surface area contributed by atoms with E-state index in [-0.39, 0.29) is 12.3 Å². The third-order valence-electron chi connectivity index (χ3n) is 5.99. The van der Waals surface area contributed by atoms with Crippen molar-refractivity contribution in [2.45, 2.75) is 43.3 Å². The van der Waals surface area contributed by atoms with Gasteiger partial charge in [0.2, 0.25) is 11.8 Å². The molecule has 1 amide bonds. The van der Waals surface area contributed by atoms with E-state index in [4.69, 9.17) is 9.47 Å². The average molecular weight is 515 g/mol. The number of hydrogen-bond acceptors (Lipinski definition) is 6. The van der Waals surface area contributed by atoms with Crippen LogP contribution in [0.5, 0.6) is 11.6 Å². The van der Waals surface area contributed by atoms with Gasteiger partial charge in [0.15, 0.2) is 0 Å². The molecule has 0 aliphatic heterocycles. The van der Waals surface area contributed by atoms with Crippen molar-refractivity contribution in [1.82, 2.24) is 4.98 Å². The smallest absolute Gasteiger partial charge is 0.339 e. The zero-order valence-electron chi connectivity index (χ0n) is 21.2. The monoisotopic (exact) mass is 514 g/mol. The van der Waals surface area contributed by atoms with Crippen LogP contribution >= 0.6 is 11.8 Å². The van der Waals surface area contributed by atoms with Gasteiger partial charge in [-0.15, -0.1) is 11.8 Å². The molecule has 0 radical (unpaired) electrons. The Morgan fingerprint density at radius 2 is 1.70 bits per heavy atom. The van der Waals surface area contributed by atoms with Gasteiger partial charge in [0.1, 0.15) is 5.75 Å². The Morgan fingerprint density at radius 3 is 2.43 bits per heavy atom. The minimum atomic E-state index is -0.506. The molecule has 1 aromatic heterocycles. The van der Waals surface area contributed by atoms with Gasteiger partial charge in [-0.05, 0) is 65.6 Å². The lowest BCUT2D eigenvalue weighted by Crippen LogP contribution is -2.17. The number of esters is 1. The van der Waals surface area contributed by atoms with Crippen LogP contribution in [-0.4, -0.2) is 29.2 Å². The van der Waals surface area contributed by atoms with Crippen LogP contribution in [0.4, 0.5) is 5.69 Å². The number of carbonyl (C=O) groups excluding carboxylic acids is 2. The van der Waals surface area contributed by atoms with Crippen LogP contribution in [0.25, 0.3) is 10.8 Å². The standard InChI is InChI=1S/C30H30N2O4S/c1-4-24(5-2)37-25-14-12-21-17-23(13-11-22(21)18-25)36-29-15-10-20(19-31-29)16-28(33)32-27-9-7-6-8-26(27)30(34)35-3/h6-15,17-19,24H,4-5,16H2,1-3H3,(H,32,33). The van der Waals surface area contributed by atoms with Crippen LogP contribution in [0, 0.1) is 0 Å². The number of ether oxygens (including phenoxy) is 2. The molecule has 0 bridgehead atoms. The number of carbonyl (C=O) groups is 2. The summed E-state index contributed by atoms with van der Waals surface area (Å²) in [5.74, 6) is 0.377. The van der Waals surface area contributed by atoms with Gasteiger partial charge in [0, 0.05) is 22.4 Å². The number of rotatable bonds is 10. The highest BCUT2D eigenvalue weighted by Crippen LogP contribution is 2.32. The highest BCUT2D eigenvalue weighted by molar-refractivity contribution is 8.00. The molecule has 0 fully saturated rings. The zero-order valence-corrected chi connectivity index (χ0v) is 22.0. The van der Waals surface area contributed by atoms with Gasteiger partial charge in [-0.1, -0.05) is 44.2 Å². The second-order valence-corrected chi connectivity index (χ2v) is 9.97. The fraction of sp³-hybridized carbons (Fsp3) is 0.233. The molecule has 3 aromatic carbocycles. The molecule has 0 aliphatic carbocycles. The topological polar surface area (TPSA) is 77.5 Å². The van der Waals surface area contributed by atoms with Crippen LogP contribution in [0.2, 0.25) is 0 Å². The predicted octanol–water partition coefficient (Wildman–Crippen LogP) is 7.28. The third-order valence-corrected chi connectivity index (χ3v) is 7.51. The molecular formula is C30H30N2O4S. The molecule has 0 saturated heterocycles. The molecule has 6 nitrogen and oxygen atoms in total. The van der Waals surface area contributed by atoms with Gasteiger partial charge in [-0.3, -0.25) is 4.79 Å². The Labute approximate surface area is 221 Å². The summed E-state index contributed by atoms with van der Waals surface area (Å²) >= 11 is 1.93. The maximum Gasteiger partial charge on any atom is 0.339 e. The number of amides is 1. The molecule has 0 spiro atoms. The number of fused-ring (bicyclic) bond motifs is 1. The lowest BCUT2D eigenvalue weighted by atomic mass is 10.1. The van der Waals surface area contributed by atoms with Crippen molar-refractivity contribution >= 4 is 40.1 Å². The molecule has 0 unspecified atom stereocenters. The average Bonchev–Trinajstić information content (AvgIpc) is 2.92. The van der Waals surface area contributed by atoms with Gasteiger partial charge in [-0.2, -0.15) is 0 Å². The first kappa shape index (κ1) is 26.2. The minimum absolute atomic E-state index is 0.107. The van der Waals surface area contributed by atoms with E-state index in [2.05, 4.69) is 48.4 Å². The van der Waals surface area contributed by atoms with Crippen molar-refractivity contribution in [2.75, 3.05) is 12.4 Å². The van der Waals surface area contributed by atoms with Crippen molar-refractivity contribution < 1.29 is 19.1 Å². The summed E-state index contributed by atoms with van der Waals surface area (Å²) in [5.41, 5.74) is 1.43. The molecule has 190 valence electrons. The van der Waals surface area contributed by atoms with Crippen LogP contribution < -0.4 is 10.1 Å². The number of nitrogens with one attached hydrogen (secondary N) is 1. The van der Waals surface area contributed by atoms with Crippen LogP contribution in [0.1, 0.15) is 42.6 Å². The predicted molar refractivity (Wildman–Crippen MR) is 149 cm³/mol. The third kappa shape index (κ3) is 6.89. The number of aromatic nitrogens is 1. The van der Waals surface area contributed by atoms with Crippen molar-refractivity contribution in [3.8, 4) is 11.6 Å². The Hall–Kier alpha value is -3.84. The highest BCUT2D eigenvalue weighted by Gasteiger charge is 2.14. The van der Waals surface area contributed by atoms with E-state index in [0.29, 0.717) is 28.1 Å².